The van der Waals surface area contributed by atoms with E-state index in [1.54, 1.807) is 61.5 Å². The topological polar surface area (TPSA) is 94.2 Å². The minimum Gasteiger partial charge on any atom is -0.497 e. The van der Waals surface area contributed by atoms with Crippen LogP contribution in [0.1, 0.15) is 5.56 Å². The van der Waals surface area contributed by atoms with Crippen LogP contribution in [0.5, 0.6) is 17.2 Å². The highest BCUT2D eigenvalue weighted by molar-refractivity contribution is 7.92. The molecule has 3 rings (SSSR count). The molecule has 0 unspecified atom stereocenters. The summed E-state index contributed by atoms with van der Waals surface area (Å²) in [6, 6.07) is 18.0. The summed E-state index contributed by atoms with van der Waals surface area (Å²) in [5, 5.41) is 2.72. The van der Waals surface area contributed by atoms with Crippen LogP contribution in [-0.4, -0.2) is 42.2 Å². The van der Waals surface area contributed by atoms with E-state index >= 15 is 0 Å². The van der Waals surface area contributed by atoms with Gasteiger partial charge in [-0.15, -0.1) is 0 Å². The first-order chi connectivity index (χ1) is 15.8. The van der Waals surface area contributed by atoms with Gasteiger partial charge in [-0.2, -0.15) is 0 Å². The molecule has 1 N–H and O–H groups in total. The fraction of sp³-hybridized carbons (Fsp3) is 0.208. The lowest BCUT2D eigenvalue weighted by atomic mass is 10.2. The second kappa shape index (κ2) is 10.3. The third kappa shape index (κ3) is 5.38. The highest BCUT2D eigenvalue weighted by atomic mass is 32.2. The van der Waals surface area contributed by atoms with Gasteiger partial charge in [-0.25, -0.2) is 8.42 Å². The van der Waals surface area contributed by atoms with Crippen molar-refractivity contribution in [3.05, 3.63) is 72.3 Å². The number of benzene rings is 3. The van der Waals surface area contributed by atoms with Gasteiger partial charge in [0.1, 0.15) is 23.8 Å². The summed E-state index contributed by atoms with van der Waals surface area (Å²) in [7, 11) is 0.463. The number of carbonyl (C=O) groups is 1. The molecule has 3 aromatic rings. The third-order valence-electron chi connectivity index (χ3n) is 4.97. The van der Waals surface area contributed by atoms with Gasteiger partial charge in [0.15, 0.2) is 0 Å². The van der Waals surface area contributed by atoms with Gasteiger partial charge < -0.3 is 19.5 Å². The Morgan fingerprint density at radius 3 is 2.18 bits per heavy atom. The number of hydrogen-bond acceptors (Lipinski definition) is 6. The summed E-state index contributed by atoms with van der Waals surface area (Å²) < 4.78 is 43.9. The molecule has 0 aliphatic rings. The van der Waals surface area contributed by atoms with Crippen molar-refractivity contribution in [2.45, 2.75) is 11.8 Å². The summed E-state index contributed by atoms with van der Waals surface area (Å²) >= 11 is 0. The Labute approximate surface area is 193 Å². The van der Waals surface area contributed by atoms with E-state index in [1.807, 2.05) is 0 Å². The maximum atomic E-state index is 13.5. The molecule has 0 aliphatic carbocycles. The number of para-hydroxylation sites is 1. The highest BCUT2D eigenvalue weighted by Gasteiger charge is 2.28. The summed E-state index contributed by atoms with van der Waals surface area (Å²) in [4.78, 5) is 13.0. The van der Waals surface area contributed by atoms with Crippen LogP contribution in [0, 0.1) is 6.92 Å². The van der Waals surface area contributed by atoms with Crippen LogP contribution in [0.2, 0.25) is 0 Å². The second-order valence-electron chi connectivity index (χ2n) is 7.09. The quantitative estimate of drug-likeness (QED) is 0.511. The molecule has 9 heteroatoms. The number of nitrogens with one attached hydrogen (secondary N) is 1. The lowest BCUT2D eigenvalue weighted by Gasteiger charge is -2.24. The van der Waals surface area contributed by atoms with Crippen LogP contribution in [0.15, 0.2) is 71.6 Å². The predicted molar refractivity (Wildman–Crippen MR) is 127 cm³/mol. The van der Waals surface area contributed by atoms with E-state index in [4.69, 9.17) is 14.2 Å². The maximum Gasteiger partial charge on any atom is 0.264 e. The normalized spacial score (nSPS) is 10.9. The van der Waals surface area contributed by atoms with Gasteiger partial charge in [-0.3, -0.25) is 9.10 Å². The molecule has 0 heterocycles. The molecule has 0 fully saturated rings. The summed E-state index contributed by atoms with van der Waals surface area (Å²) in [5.74, 6) is 0.997. The number of hydrogen-bond donors (Lipinski definition) is 1. The average Bonchev–Trinajstić information content (AvgIpc) is 2.83. The van der Waals surface area contributed by atoms with Crippen molar-refractivity contribution >= 4 is 27.3 Å². The number of rotatable bonds is 9. The number of aryl methyl sites for hydroxylation is 1. The van der Waals surface area contributed by atoms with Gasteiger partial charge in [0.25, 0.3) is 10.0 Å². The van der Waals surface area contributed by atoms with Crippen molar-refractivity contribution in [2.24, 2.45) is 0 Å². The molecule has 0 bridgehead atoms. The van der Waals surface area contributed by atoms with E-state index in [2.05, 4.69) is 5.32 Å². The number of methoxy groups -OCH3 is 3. The lowest BCUT2D eigenvalue weighted by molar-refractivity contribution is -0.114. The molecule has 0 atom stereocenters. The Morgan fingerprint density at radius 2 is 1.58 bits per heavy atom. The molecule has 33 heavy (non-hydrogen) atoms. The maximum absolute atomic E-state index is 13.5. The standard InChI is InChI=1S/C24H26N2O6S/c1-17-14-20(11-13-22(17)31-3)33(28,29)26(18-8-6-5-7-9-18)16-24(27)25-21-12-10-19(30-2)15-23(21)32-4/h5-15H,16H2,1-4H3,(H,25,27). The zero-order chi connectivity index (χ0) is 24.0. The van der Waals surface area contributed by atoms with E-state index < -0.39 is 22.5 Å². The molecule has 0 aromatic heterocycles. The Bertz CT molecular complexity index is 1230. The zero-order valence-electron chi connectivity index (χ0n) is 18.9. The van der Waals surface area contributed by atoms with Crippen LogP contribution in [0.25, 0.3) is 0 Å². The van der Waals surface area contributed by atoms with Crippen molar-refractivity contribution < 1.29 is 27.4 Å². The van der Waals surface area contributed by atoms with Crippen molar-refractivity contribution in [3.8, 4) is 17.2 Å². The largest absolute Gasteiger partial charge is 0.497 e. The van der Waals surface area contributed by atoms with Gasteiger partial charge in [-0.1, -0.05) is 18.2 Å². The number of anilines is 2. The van der Waals surface area contributed by atoms with Gasteiger partial charge in [-0.05, 0) is 55.0 Å². The first kappa shape index (κ1) is 23.9. The minimum absolute atomic E-state index is 0.0551. The summed E-state index contributed by atoms with van der Waals surface area (Å²) in [6.45, 7) is 1.32. The molecule has 1 amide bonds. The molecule has 0 saturated carbocycles. The van der Waals surface area contributed by atoms with Crippen molar-refractivity contribution in [3.63, 3.8) is 0 Å². The monoisotopic (exact) mass is 470 g/mol. The molecule has 0 radical (unpaired) electrons. The third-order valence-corrected chi connectivity index (χ3v) is 6.74. The van der Waals surface area contributed by atoms with Crippen molar-refractivity contribution in [1.82, 2.24) is 0 Å². The number of carbonyl (C=O) groups excluding carboxylic acids is 1. The number of amides is 1. The van der Waals surface area contributed by atoms with E-state index in [-0.39, 0.29) is 4.90 Å². The van der Waals surface area contributed by atoms with Crippen LogP contribution in [0.4, 0.5) is 11.4 Å². The van der Waals surface area contributed by atoms with E-state index in [1.165, 1.54) is 33.5 Å². The smallest absolute Gasteiger partial charge is 0.264 e. The van der Waals surface area contributed by atoms with Crippen LogP contribution in [-0.2, 0) is 14.8 Å². The molecule has 0 saturated heterocycles. The van der Waals surface area contributed by atoms with Gasteiger partial charge in [0.05, 0.1) is 37.6 Å². The van der Waals surface area contributed by atoms with Crippen molar-refractivity contribution in [1.29, 1.82) is 0 Å². The molecule has 8 nitrogen and oxygen atoms in total. The van der Waals surface area contributed by atoms with Crippen molar-refractivity contribution in [2.75, 3.05) is 37.5 Å². The van der Waals surface area contributed by atoms with E-state index in [0.717, 1.165) is 4.31 Å². The summed E-state index contributed by atoms with van der Waals surface area (Å²) in [5.41, 5.74) is 1.43. The Kier molecular flexibility index (Phi) is 7.44. The first-order valence-corrected chi connectivity index (χ1v) is 11.5. The predicted octanol–water partition coefficient (Wildman–Crippen LogP) is 3.85. The fourth-order valence-electron chi connectivity index (χ4n) is 3.27. The van der Waals surface area contributed by atoms with Crippen LogP contribution >= 0.6 is 0 Å². The number of nitrogens with zero attached hydrogens (tertiary/aromatic N) is 1. The first-order valence-electron chi connectivity index (χ1n) is 10.0. The van der Waals surface area contributed by atoms with Crippen LogP contribution in [0.3, 0.4) is 0 Å². The van der Waals surface area contributed by atoms with Gasteiger partial charge in [0, 0.05) is 6.07 Å². The number of sulfonamides is 1. The highest BCUT2D eigenvalue weighted by Crippen LogP contribution is 2.30. The Hall–Kier alpha value is -3.72. The van der Waals surface area contributed by atoms with Gasteiger partial charge in [0.2, 0.25) is 5.91 Å². The Morgan fingerprint density at radius 1 is 0.879 bits per heavy atom. The SMILES string of the molecule is COc1ccc(NC(=O)CN(c2ccccc2)S(=O)(=O)c2ccc(OC)c(C)c2)c(OC)c1. The average molecular weight is 471 g/mol. The molecule has 0 aliphatic heterocycles. The zero-order valence-corrected chi connectivity index (χ0v) is 19.7. The van der Waals surface area contributed by atoms with Gasteiger partial charge >= 0.3 is 0 Å². The number of ether oxygens (including phenoxy) is 3. The molecular weight excluding hydrogens is 444 g/mol. The molecule has 174 valence electrons. The lowest BCUT2D eigenvalue weighted by Crippen LogP contribution is -2.38. The molecule has 0 spiro atoms. The molecular formula is C24H26N2O6S. The van der Waals surface area contributed by atoms with Crippen LogP contribution < -0.4 is 23.8 Å². The van der Waals surface area contributed by atoms with E-state index in [0.29, 0.717) is 34.2 Å². The molecule has 3 aromatic carbocycles. The second-order valence-corrected chi connectivity index (χ2v) is 8.96. The van der Waals surface area contributed by atoms with E-state index in [9.17, 15) is 13.2 Å². The fourth-order valence-corrected chi connectivity index (χ4v) is 4.78. The summed E-state index contributed by atoms with van der Waals surface area (Å²) in [6.07, 6.45) is 0. The Balaban J connectivity index is 1.94. The minimum atomic E-state index is -4.05.